The van der Waals surface area contributed by atoms with Gasteiger partial charge in [0.05, 0.1) is 10.7 Å². The molecule has 26 heavy (non-hydrogen) atoms. The van der Waals surface area contributed by atoms with Crippen molar-refractivity contribution in [3.8, 4) is 0 Å². The number of hydrogen-bond acceptors (Lipinski definition) is 4. The number of amides is 4. The Balaban J connectivity index is 1.56. The van der Waals surface area contributed by atoms with Crippen LogP contribution in [0.3, 0.4) is 0 Å². The summed E-state index contributed by atoms with van der Waals surface area (Å²) >= 11 is 9.34. The Kier molecular flexibility index (Phi) is 4.61. The van der Waals surface area contributed by atoms with E-state index in [9.17, 15) is 14.4 Å². The van der Waals surface area contributed by atoms with Crippen molar-refractivity contribution in [1.82, 2.24) is 10.2 Å². The summed E-state index contributed by atoms with van der Waals surface area (Å²) in [5.74, 6) is -1.28. The van der Waals surface area contributed by atoms with Gasteiger partial charge in [-0.25, -0.2) is 4.79 Å². The van der Waals surface area contributed by atoms with Crippen LogP contribution < -0.4 is 5.32 Å². The standard InChI is InChI=1S/C18H17BrClN3O3/c19-13-4-3-11(7-14(13)20)21-8-12-16(24)22-18(26)23(17(12)25)15-6-9-1-2-10(15)5-9/h3-4,7-10,12,15H,1-2,5-6H2,(H,22,24,26)/t9-,10-,12-,15+/m0/s1. The van der Waals surface area contributed by atoms with E-state index in [4.69, 9.17) is 11.6 Å². The predicted molar refractivity (Wildman–Crippen MR) is 100 cm³/mol. The lowest BCUT2D eigenvalue weighted by atomic mass is 9.92. The van der Waals surface area contributed by atoms with Gasteiger partial charge in [0.2, 0.25) is 11.8 Å². The fraction of sp³-hybridized carbons (Fsp3) is 0.444. The highest BCUT2D eigenvalue weighted by Gasteiger charge is 2.50. The van der Waals surface area contributed by atoms with Crippen molar-refractivity contribution in [2.24, 2.45) is 22.7 Å². The highest BCUT2D eigenvalue weighted by molar-refractivity contribution is 9.10. The van der Waals surface area contributed by atoms with Gasteiger partial charge in [-0.1, -0.05) is 18.0 Å². The zero-order chi connectivity index (χ0) is 18.4. The summed E-state index contributed by atoms with van der Waals surface area (Å²) in [4.78, 5) is 42.8. The van der Waals surface area contributed by atoms with E-state index in [1.54, 1.807) is 18.2 Å². The molecule has 2 aliphatic carbocycles. The van der Waals surface area contributed by atoms with E-state index in [1.807, 2.05) is 0 Å². The lowest BCUT2D eigenvalue weighted by Gasteiger charge is -2.36. The van der Waals surface area contributed by atoms with Crippen molar-refractivity contribution in [3.63, 3.8) is 0 Å². The summed E-state index contributed by atoms with van der Waals surface area (Å²) in [7, 11) is 0. The Hall–Kier alpha value is -1.73. The van der Waals surface area contributed by atoms with Gasteiger partial charge in [-0.15, -0.1) is 0 Å². The van der Waals surface area contributed by atoms with Gasteiger partial charge in [-0.2, -0.15) is 0 Å². The minimum atomic E-state index is -1.10. The van der Waals surface area contributed by atoms with Gasteiger partial charge < -0.3 is 0 Å². The van der Waals surface area contributed by atoms with Gasteiger partial charge in [0.15, 0.2) is 5.92 Å². The first-order chi connectivity index (χ1) is 12.4. The number of aliphatic imine (C=N–C) groups is 1. The zero-order valence-corrected chi connectivity index (χ0v) is 16.2. The molecule has 1 heterocycles. The van der Waals surface area contributed by atoms with Crippen LogP contribution in [0.15, 0.2) is 27.7 Å². The second-order valence-corrected chi connectivity index (χ2v) is 8.36. The van der Waals surface area contributed by atoms with E-state index in [1.165, 1.54) is 17.5 Å². The average molecular weight is 439 g/mol. The maximum atomic E-state index is 12.9. The molecular formula is C18H17BrClN3O3. The van der Waals surface area contributed by atoms with E-state index in [0.717, 1.165) is 23.7 Å². The highest BCUT2D eigenvalue weighted by Crippen LogP contribution is 2.47. The molecule has 1 aromatic rings. The van der Waals surface area contributed by atoms with Crippen LogP contribution in [0.1, 0.15) is 25.7 Å². The summed E-state index contributed by atoms with van der Waals surface area (Å²) < 4.78 is 0.734. The summed E-state index contributed by atoms with van der Waals surface area (Å²) in [6, 6.07) is 4.38. The topological polar surface area (TPSA) is 78.8 Å². The van der Waals surface area contributed by atoms with Crippen LogP contribution in [0.4, 0.5) is 10.5 Å². The Labute approximate surface area is 164 Å². The molecule has 2 saturated carbocycles. The molecule has 136 valence electrons. The molecule has 0 spiro atoms. The van der Waals surface area contributed by atoms with Gasteiger partial charge in [0, 0.05) is 16.7 Å². The Morgan fingerprint density at radius 2 is 2.04 bits per heavy atom. The fourth-order valence-electron chi connectivity index (χ4n) is 4.30. The van der Waals surface area contributed by atoms with E-state index in [-0.39, 0.29) is 6.04 Å². The number of hydrogen-bond donors (Lipinski definition) is 1. The third-order valence-corrected chi connectivity index (χ3v) is 6.78. The molecule has 0 aromatic heterocycles. The molecule has 1 N–H and O–H groups in total. The predicted octanol–water partition coefficient (Wildman–Crippen LogP) is 3.69. The molecule has 4 atom stereocenters. The van der Waals surface area contributed by atoms with Crippen molar-refractivity contribution in [2.45, 2.75) is 31.7 Å². The summed E-state index contributed by atoms with van der Waals surface area (Å²) in [6.45, 7) is 0. The van der Waals surface area contributed by atoms with E-state index in [2.05, 4.69) is 26.2 Å². The zero-order valence-electron chi connectivity index (χ0n) is 13.8. The highest BCUT2D eigenvalue weighted by atomic mass is 79.9. The van der Waals surface area contributed by atoms with Crippen molar-refractivity contribution >= 4 is 57.3 Å². The molecule has 3 aliphatic rings. The van der Waals surface area contributed by atoms with Crippen LogP contribution in [-0.2, 0) is 9.59 Å². The molecule has 6 nitrogen and oxygen atoms in total. The van der Waals surface area contributed by atoms with Gasteiger partial charge in [0.25, 0.3) is 0 Å². The molecule has 1 saturated heterocycles. The largest absolute Gasteiger partial charge is 0.331 e. The second kappa shape index (κ2) is 6.78. The normalized spacial score (nSPS) is 31.2. The van der Waals surface area contributed by atoms with Crippen LogP contribution in [-0.4, -0.2) is 35.0 Å². The molecule has 3 fully saturated rings. The Bertz CT molecular complexity index is 828. The van der Waals surface area contributed by atoms with Gasteiger partial charge >= 0.3 is 6.03 Å². The number of carbonyl (C=O) groups is 3. The van der Waals surface area contributed by atoms with Gasteiger partial charge in [-0.05, 0) is 65.2 Å². The number of barbiturate groups is 1. The third-order valence-electron chi connectivity index (χ3n) is 5.54. The molecule has 4 rings (SSSR count). The summed E-state index contributed by atoms with van der Waals surface area (Å²) in [6.07, 6.45) is 5.40. The molecule has 2 bridgehead atoms. The van der Waals surface area contributed by atoms with Crippen LogP contribution in [0.2, 0.25) is 5.02 Å². The number of halogens is 2. The Morgan fingerprint density at radius 1 is 1.23 bits per heavy atom. The quantitative estimate of drug-likeness (QED) is 0.577. The Morgan fingerprint density at radius 3 is 2.69 bits per heavy atom. The first-order valence-electron chi connectivity index (χ1n) is 8.61. The number of benzene rings is 1. The first-order valence-corrected chi connectivity index (χ1v) is 9.78. The van der Waals surface area contributed by atoms with Gasteiger partial charge in [0.1, 0.15) is 0 Å². The van der Waals surface area contributed by atoms with E-state index < -0.39 is 23.8 Å². The second-order valence-electron chi connectivity index (χ2n) is 7.10. The molecular weight excluding hydrogens is 422 g/mol. The number of urea groups is 1. The van der Waals surface area contributed by atoms with Crippen LogP contribution >= 0.6 is 27.5 Å². The van der Waals surface area contributed by atoms with Crippen LogP contribution in [0.25, 0.3) is 0 Å². The SMILES string of the molecule is O=C1NC(=O)N([C@@H]2C[C@H]3CC[C@H]2C3)C(=O)[C@H]1C=Nc1ccc(Br)c(Cl)c1. The molecule has 1 aromatic carbocycles. The molecule has 1 aliphatic heterocycles. The first kappa shape index (κ1) is 17.7. The smallest absolute Gasteiger partial charge is 0.277 e. The van der Waals surface area contributed by atoms with E-state index >= 15 is 0 Å². The molecule has 0 radical (unpaired) electrons. The molecule has 4 amide bonds. The van der Waals surface area contributed by atoms with Crippen LogP contribution in [0.5, 0.6) is 0 Å². The third kappa shape index (κ3) is 3.07. The van der Waals surface area contributed by atoms with Gasteiger partial charge in [-0.3, -0.25) is 24.8 Å². The minimum Gasteiger partial charge on any atom is -0.277 e. The lowest BCUT2D eigenvalue weighted by molar-refractivity contribution is -0.141. The van der Waals surface area contributed by atoms with Crippen molar-refractivity contribution in [1.29, 1.82) is 0 Å². The van der Waals surface area contributed by atoms with Crippen molar-refractivity contribution in [3.05, 3.63) is 27.7 Å². The summed E-state index contributed by atoms with van der Waals surface area (Å²) in [5, 5.41) is 2.79. The number of imide groups is 2. The van der Waals surface area contributed by atoms with Crippen molar-refractivity contribution < 1.29 is 14.4 Å². The monoisotopic (exact) mass is 437 g/mol. The van der Waals surface area contributed by atoms with Crippen molar-refractivity contribution in [2.75, 3.05) is 0 Å². The number of rotatable bonds is 3. The number of fused-ring (bicyclic) bond motifs is 2. The number of nitrogens with zero attached hydrogens (tertiary/aromatic N) is 2. The summed E-state index contributed by atoms with van der Waals surface area (Å²) in [5.41, 5.74) is 0.530. The molecule has 0 unspecified atom stereocenters. The minimum absolute atomic E-state index is 0.104. The van der Waals surface area contributed by atoms with Crippen LogP contribution in [0, 0.1) is 17.8 Å². The number of carbonyl (C=O) groups excluding carboxylic acids is 3. The number of nitrogens with one attached hydrogen (secondary N) is 1. The lowest BCUT2D eigenvalue weighted by Crippen LogP contribution is -2.62. The van der Waals surface area contributed by atoms with E-state index in [0.29, 0.717) is 22.5 Å². The fourth-order valence-corrected chi connectivity index (χ4v) is 4.73. The maximum absolute atomic E-state index is 12.9. The maximum Gasteiger partial charge on any atom is 0.331 e. The average Bonchev–Trinajstić information content (AvgIpc) is 3.20. The molecule has 8 heteroatoms.